The summed E-state index contributed by atoms with van der Waals surface area (Å²) < 4.78 is 19.4. The summed E-state index contributed by atoms with van der Waals surface area (Å²) in [6, 6.07) is 12.2. The number of hydrogen-bond donors (Lipinski definition) is 2. The van der Waals surface area contributed by atoms with Gasteiger partial charge in [-0.15, -0.1) is 0 Å². The summed E-state index contributed by atoms with van der Waals surface area (Å²) in [5, 5.41) is 12.8. The molecule has 1 fully saturated rings. The second-order valence-corrected chi connectivity index (χ2v) is 7.16. The molecule has 0 aromatic heterocycles. The highest BCUT2D eigenvalue weighted by Gasteiger charge is 2.36. The first-order valence-electron chi connectivity index (χ1n) is 9.06. The van der Waals surface area contributed by atoms with Gasteiger partial charge in [0, 0.05) is 6.42 Å². The third-order valence-electron chi connectivity index (χ3n) is 5.32. The molecule has 1 aliphatic heterocycles. The maximum atomic E-state index is 13.8. The first kappa shape index (κ1) is 17.0. The summed E-state index contributed by atoms with van der Waals surface area (Å²) in [6.45, 7) is 0.686. The molecule has 1 amide bonds. The minimum absolute atomic E-state index is 0.00645. The number of halogens is 1. The van der Waals surface area contributed by atoms with Gasteiger partial charge in [0.1, 0.15) is 11.6 Å². The number of rotatable bonds is 5. The average molecular weight is 355 g/mol. The van der Waals surface area contributed by atoms with Crippen molar-refractivity contribution in [3.8, 4) is 5.75 Å². The van der Waals surface area contributed by atoms with Crippen LogP contribution in [0.3, 0.4) is 0 Å². The van der Waals surface area contributed by atoms with Crippen LogP contribution in [0.1, 0.15) is 35.6 Å². The average Bonchev–Trinajstić information content (AvgIpc) is 3.07. The number of amides is 1. The fourth-order valence-electron chi connectivity index (χ4n) is 3.81. The Kier molecular flexibility index (Phi) is 4.64. The molecule has 1 heterocycles. The number of fused-ring (bicyclic) bond motifs is 1. The summed E-state index contributed by atoms with van der Waals surface area (Å²) in [7, 11) is 0. The van der Waals surface area contributed by atoms with Gasteiger partial charge in [-0.3, -0.25) is 4.79 Å². The molecule has 0 saturated heterocycles. The molecule has 1 saturated carbocycles. The van der Waals surface area contributed by atoms with Gasteiger partial charge in [0.05, 0.1) is 25.2 Å². The Balaban J connectivity index is 1.52. The van der Waals surface area contributed by atoms with Gasteiger partial charge in [0.25, 0.3) is 0 Å². The first-order chi connectivity index (χ1) is 12.6. The summed E-state index contributed by atoms with van der Waals surface area (Å²) in [5.74, 6) is 0.514. The van der Waals surface area contributed by atoms with Crippen LogP contribution < -0.4 is 10.1 Å². The number of aliphatic hydroxyl groups excluding tert-OH is 1. The molecular formula is C21H22FNO3. The van der Waals surface area contributed by atoms with Crippen LogP contribution >= 0.6 is 0 Å². The highest BCUT2D eigenvalue weighted by Crippen LogP contribution is 2.39. The fraction of sp³-hybridized carbons (Fsp3) is 0.381. The number of benzene rings is 2. The number of nitrogens with one attached hydrogen (secondary N) is 1. The second kappa shape index (κ2) is 7.08. The van der Waals surface area contributed by atoms with E-state index in [1.165, 1.54) is 6.07 Å². The molecule has 1 atom stereocenters. The van der Waals surface area contributed by atoms with Crippen molar-refractivity contribution in [1.82, 2.24) is 5.32 Å². The van der Waals surface area contributed by atoms with Crippen molar-refractivity contribution in [3.05, 3.63) is 65.0 Å². The molecule has 2 aromatic rings. The van der Waals surface area contributed by atoms with E-state index in [9.17, 15) is 14.3 Å². The first-order valence-corrected chi connectivity index (χ1v) is 9.06. The van der Waals surface area contributed by atoms with Crippen molar-refractivity contribution < 1.29 is 19.0 Å². The molecule has 5 heteroatoms. The van der Waals surface area contributed by atoms with Crippen LogP contribution in [0, 0.1) is 11.7 Å². The minimum atomic E-state index is -0.368. The van der Waals surface area contributed by atoms with Gasteiger partial charge in [-0.1, -0.05) is 24.3 Å². The molecule has 4 rings (SSSR count). The lowest BCUT2D eigenvalue weighted by molar-refractivity contribution is -0.122. The Morgan fingerprint density at radius 1 is 1.27 bits per heavy atom. The maximum Gasteiger partial charge on any atom is 0.225 e. The largest absolute Gasteiger partial charge is 0.493 e. The van der Waals surface area contributed by atoms with Crippen molar-refractivity contribution in [2.45, 2.75) is 37.8 Å². The normalized spacial score (nSPS) is 22.1. The van der Waals surface area contributed by atoms with Gasteiger partial charge in [-0.25, -0.2) is 4.39 Å². The van der Waals surface area contributed by atoms with Crippen LogP contribution in [0.25, 0.3) is 0 Å². The van der Waals surface area contributed by atoms with Crippen molar-refractivity contribution >= 4 is 5.91 Å². The molecule has 2 N–H and O–H groups in total. The van der Waals surface area contributed by atoms with Gasteiger partial charge >= 0.3 is 0 Å². The predicted octanol–water partition coefficient (Wildman–Crippen LogP) is 2.93. The summed E-state index contributed by atoms with van der Waals surface area (Å²) in [4.78, 5) is 12.5. The molecule has 4 nitrogen and oxygen atoms in total. The van der Waals surface area contributed by atoms with Crippen LogP contribution in [-0.2, 0) is 17.6 Å². The summed E-state index contributed by atoms with van der Waals surface area (Å²) in [6.07, 6.45) is 1.90. The number of aliphatic hydroxyl groups is 1. The molecule has 0 bridgehead atoms. The number of hydrogen-bond acceptors (Lipinski definition) is 3. The molecule has 0 spiro atoms. The van der Waals surface area contributed by atoms with Crippen LogP contribution in [0.4, 0.5) is 4.39 Å². The monoisotopic (exact) mass is 355 g/mol. The van der Waals surface area contributed by atoms with E-state index >= 15 is 0 Å². The topological polar surface area (TPSA) is 58.6 Å². The Morgan fingerprint density at radius 3 is 2.85 bits per heavy atom. The number of carbonyl (C=O) groups is 1. The minimum Gasteiger partial charge on any atom is -0.493 e. The molecule has 2 aliphatic rings. The van der Waals surface area contributed by atoms with Crippen molar-refractivity contribution in [3.63, 3.8) is 0 Å². The van der Waals surface area contributed by atoms with E-state index in [1.807, 2.05) is 12.1 Å². The zero-order valence-electron chi connectivity index (χ0n) is 14.5. The third kappa shape index (κ3) is 3.44. The lowest BCUT2D eigenvalue weighted by atomic mass is 9.74. The SMILES string of the molecule is O=C(Cc1ccccc1F)NC(c1ccc2c(c1)CCO2)C1CC(O)C1. The molecule has 1 unspecified atom stereocenters. The summed E-state index contributed by atoms with van der Waals surface area (Å²) >= 11 is 0. The van der Waals surface area contributed by atoms with Crippen molar-refractivity contribution in [2.24, 2.45) is 5.92 Å². The number of carbonyl (C=O) groups excluding carboxylic acids is 1. The molecule has 0 radical (unpaired) electrons. The van der Waals surface area contributed by atoms with Gasteiger partial charge in [-0.2, -0.15) is 0 Å². The van der Waals surface area contributed by atoms with Gasteiger partial charge in [0.15, 0.2) is 0 Å². The van der Waals surface area contributed by atoms with E-state index in [1.54, 1.807) is 18.2 Å². The van der Waals surface area contributed by atoms with E-state index < -0.39 is 0 Å². The Bertz CT molecular complexity index is 817. The lowest BCUT2D eigenvalue weighted by Gasteiger charge is -2.38. The zero-order chi connectivity index (χ0) is 18.1. The molecule has 136 valence electrons. The van der Waals surface area contributed by atoms with Crippen LogP contribution in [0.2, 0.25) is 0 Å². The van der Waals surface area contributed by atoms with Crippen molar-refractivity contribution in [1.29, 1.82) is 0 Å². The maximum absolute atomic E-state index is 13.8. The number of ether oxygens (including phenoxy) is 1. The highest BCUT2D eigenvalue weighted by molar-refractivity contribution is 5.79. The van der Waals surface area contributed by atoms with Gasteiger partial charge in [-0.05, 0) is 53.6 Å². The second-order valence-electron chi connectivity index (χ2n) is 7.16. The van der Waals surface area contributed by atoms with Crippen LogP contribution in [-0.4, -0.2) is 23.7 Å². The smallest absolute Gasteiger partial charge is 0.225 e. The van der Waals surface area contributed by atoms with E-state index in [4.69, 9.17) is 4.74 Å². The Labute approximate surface area is 152 Å². The quantitative estimate of drug-likeness (QED) is 0.867. The summed E-state index contributed by atoms with van der Waals surface area (Å²) in [5.41, 5.74) is 2.56. The standard InChI is InChI=1S/C21H22FNO3/c22-18-4-2-1-3-13(18)12-20(25)23-21(16-10-17(24)11-16)15-5-6-19-14(9-15)7-8-26-19/h1-6,9,16-17,21,24H,7-8,10-12H2,(H,23,25). The van der Waals surface area contributed by atoms with E-state index in [2.05, 4.69) is 11.4 Å². The zero-order valence-corrected chi connectivity index (χ0v) is 14.5. The van der Waals surface area contributed by atoms with E-state index in [0.29, 0.717) is 25.0 Å². The third-order valence-corrected chi connectivity index (χ3v) is 5.32. The molecule has 1 aliphatic carbocycles. The molecular weight excluding hydrogens is 333 g/mol. The van der Waals surface area contributed by atoms with E-state index in [0.717, 1.165) is 23.3 Å². The Morgan fingerprint density at radius 2 is 2.08 bits per heavy atom. The fourth-order valence-corrected chi connectivity index (χ4v) is 3.81. The highest BCUT2D eigenvalue weighted by atomic mass is 19.1. The van der Waals surface area contributed by atoms with Crippen LogP contribution in [0.5, 0.6) is 5.75 Å². The lowest BCUT2D eigenvalue weighted by Crippen LogP contribution is -2.42. The Hall–Kier alpha value is -2.40. The van der Waals surface area contributed by atoms with Crippen LogP contribution in [0.15, 0.2) is 42.5 Å². The molecule has 2 aromatic carbocycles. The van der Waals surface area contributed by atoms with Gasteiger partial charge < -0.3 is 15.2 Å². The molecule has 26 heavy (non-hydrogen) atoms. The van der Waals surface area contributed by atoms with Gasteiger partial charge in [0.2, 0.25) is 5.91 Å². The van der Waals surface area contributed by atoms with Crippen molar-refractivity contribution in [2.75, 3.05) is 6.61 Å². The predicted molar refractivity (Wildman–Crippen MR) is 95.4 cm³/mol. The van der Waals surface area contributed by atoms with E-state index in [-0.39, 0.29) is 36.2 Å².